The molecule has 0 atom stereocenters. The van der Waals surface area contributed by atoms with E-state index >= 15 is 0 Å². The second-order valence-electron chi connectivity index (χ2n) is 4.65. The smallest absolute Gasteiger partial charge is 0.159 e. The molecule has 20 heavy (non-hydrogen) atoms. The lowest BCUT2D eigenvalue weighted by molar-refractivity contribution is -0.117. The van der Waals surface area contributed by atoms with Gasteiger partial charge in [0, 0.05) is 24.7 Å². The summed E-state index contributed by atoms with van der Waals surface area (Å²) in [6.45, 7) is 2.03. The van der Waals surface area contributed by atoms with Crippen LogP contribution in [0.3, 0.4) is 0 Å². The molecule has 0 aliphatic rings. The summed E-state index contributed by atoms with van der Waals surface area (Å²) >= 11 is 0. The lowest BCUT2D eigenvalue weighted by Crippen LogP contribution is -2.08. The van der Waals surface area contributed by atoms with E-state index in [1.54, 1.807) is 6.20 Å². The van der Waals surface area contributed by atoms with Gasteiger partial charge in [0.2, 0.25) is 0 Å². The lowest BCUT2D eigenvalue weighted by Gasteiger charge is -2.03. The van der Waals surface area contributed by atoms with Crippen LogP contribution >= 0.6 is 0 Å². The van der Waals surface area contributed by atoms with Crippen molar-refractivity contribution in [1.29, 1.82) is 0 Å². The molecule has 1 aromatic carbocycles. The second kappa shape index (κ2) is 6.37. The van der Waals surface area contributed by atoms with E-state index in [0.29, 0.717) is 11.3 Å². The summed E-state index contributed by atoms with van der Waals surface area (Å²) in [7, 11) is 0. The zero-order valence-corrected chi connectivity index (χ0v) is 11.2. The maximum atomic E-state index is 13.0. The Hall–Kier alpha value is -2.10. The summed E-state index contributed by atoms with van der Waals surface area (Å²) in [5, 5.41) is 0. The van der Waals surface area contributed by atoms with Crippen LogP contribution in [0.5, 0.6) is 0 Å². The number of carbonyl (C=O) groups is 1. The summed E-state index contributed by atoms with van der Waals surface area (Å²) in [4.78, 5) is 16.1. The van der Waals surface area contributed by atoms with Gasteiger partial charge in [-0.2, -0.15) is 0 Å². The van der Waals surface area contributed by atoms with Crippen LogP contribution in [0, 0.1) is 11.6 Å². The first kappa shape index (κ1) is 14.3. The number of hydrogen-bond donors (Lipinski definition) is 0. The van der Waals surface area contributed by atoms with Gasteiger partial charge in [-0.05, 0) is 35.7 Å². The van der Waals surface area contributed by atoms with Crippen molar-refractivity contribution in [3.63, 3.8) is 0 Å². The molecular weight excluding hydrogens is 260 g/mol. The number of Topliss-reactive ketones (excluding diaryl/α,β-unsaturated/α-hetero) is 1. The number of ketones is 1. The molecule has 0 aliphatic heterocycles. The summed E-state index contributed by atoms with van der Waals surface area (Å²) in [5.41, 5.74) is 2.27. The predicted octanol–water partition coefficient (Wildman–Crippen LogP) is 3.28. The van der Waals surface area contributed by atoms with E-state index in [2.05, 4.69) is 4.98 Å². The predicted molar refractivity (Wildman–Crippen MR) is 72.4 cm³/mol. The van der Waals surface area contributed by atoms with Crippen molar-refractivity contribution < 1.29 is 13.6 Å². The van der Waals surface area contributed by atoms with E-state index < -0.39 is 11.6 Å². The Kier molecular flexibility index (Phi) is 4.56. The van der Waals surface area contributed by atoms with Gasteiger partial charge in [-0.25, -0.2) is 8.78 Å². The van der Waals surface area contributed by atoms with Crippen molar-refractivity contribution in [3.8, 4) is 0 Å². The summed E-state index contributed by atoms with van der Waals surface area (Å²) in [6, 6.07) is 7.27. The molecule has 0 aliphatic carbocycles. The fourth-order valence-corrected chi connectivity index (χ4v) is 1.91. The highest BCUT2D eigenvalue weighted by Gasteiger charge is 2.09. The van der Waals surface area contributed by atoms with Crippen LogP contribution in [0.1, 0.15) is 23.7 Å². The number of aromatic nitrogens is 1. The number of nitrogens with zero attached hydrogens (tertiary/aromatic N) is 1. The third kappa shape index (κ3) is 3.70. The lowest BCUT2D eigenvalue weighted by atomic mass is 10.0. The minimum absolute atomic E-state index is 0.0762. The van der Waals surface area contributed by atoms with E-state index in [4.69, 9.17) is 0 Å². The zero-order chi connectivity index (χ0) is 14.5. The summed E-state index contributed by atoms with van der Waals surface area (Å²) in [5.74, 6) is -1.91. The molecule has 1 heterocycles. The van der Waals surface area contributed by atoms with E-state index in [9.17, 15) is 13.6 Å². The first-order chi connectivity index (χ1) is 9.58. The molecule has 0 radical (unpaired) electrons. The quantitative estimate of drug-likeness (QED) is 0.838. The molecule has 0 spiro atoms. The first-order valence-corrected chi connectivity index (χ1v) is 6.48. The molecule has 1 aromatic heterocycles. The molecule has 0 N–H and O–H groups in total. The Morgan fingerprint density at radius 2 is 1.80 bits per heavy atom. The number of rotatable bonds is 5. The van der Waals surface area contributed by atoms with Crippen LogP contribution in [-0.2, 0) is 24.1 Å². The van der Waals surface area contributed by atoms with Crippen molar-refractivity contribution in [2.45, 2.75) is 26.2 Å². The van der Waals surface area contributed by atoms with Crippen LogP contribution in [0.4, 0.5) is 8.78 Å². The van der Waals surface area contributed by atoms with Gasteiger partial charge in [0.05, 0.1) is 0 Å². The van der Waals surface area contributed by atoms with Crippen molar-refractivity contribution in [2.24, 2.45) is 0 Å². The summed E-state index contributed by atoms with van der Waals surface area (Å²) in [6.07, 6.45) is 2.92. The second-order valence-corrected chi connectivity index (χ2v) is 4.65. The molecule has 0 bridgehead atoms. The number of carbonyl (C=O) groups excluding carboxylic acids is 1. The molecule has 0 saturated carbocycles. The fraction of sp³-hybridized carbons (Fsp3) is 0.250. The van der Waals surface area contributed by atoms with Crippen LogP contribution in [0.25, 0.3) is 0 Å². The van der Waals surface area contributed by atoms with Gasteiger partial charge in [0.15, 0.2) is 11.6 Å². The highest BCUT2D eigenvalue weighted by Crippen LogP contribution is 2.10. The number of benzene rings is 1. The standard InChI is InChI=1S/C16H15F2NO/c1-2-11-3-5-13(19-10-11)9-14(20)7-12-4-6-15(17)16(18)8-12/h3-6,8,10H,2,7,9H2,1H3. The van der Waals surface area contributed by atoms with Crippen LogP contribution in [0.2, 0.25) is 0 Å². The normalized spacial score (nSPS) is 10.6. The maximum Gasteiger partial charge on any atom is 0.159 e. The maximum absolute atomic E-state index is 13.0. The van der Waals surface area contributed by atoms with Gasteiger partial charge in [-0.1, -0.05) is 19.1 Å². The fourth-order valence-electron chi connectivity index (χ4n) is 1.91. The first-order valence-electron chi connectivity index (χ1n) is 6.48. The Bertz CT molecular complexity index is 608. The third-order valence-electron chi connectivity index (χ3n) is 3.06. The van der Waals surface area contributed by atoms with Gasteiger partial charge in [-0.15, -0.1) is 0 Å². The van der Waals surface area contributed by atoms with Gasteiger partial charge < -0.3 is 0 Å². The van der Waals surface area contributed by atoms with Crippen molar-refractivity contribution in [3.05, 3.63) is 65.0 Å². The van der Waals surface area contributed by atoms with Crippen molar-refractivity contribution in [2.75, 3.05) is 0 Å². The van der Waals surface area contributed by atoms with Gasteiger partial charge in [0.25, 0.3) is 0 Å². The molecule has 104 valence electrons. The minimum Gasteiger partial charge on any atom is -0.299 e. The van der Waals surface area contributed by atoms with E-state index in [1.165, 1.54) is 6.07 Å². The molecule has 4 heteroatoms. The van der Waals surface area contributed by atoms with E-state index in [-0.39, 0.29) is 18.6 Å². The van der Waals surface area contributed by atoms with Gasteiger partial charge in [0.1, 0.15) is 5.78 Å². The minimum atomic E-state index is -0.930. The molecule has 0 saturated heterocycles. The highest BCUT2D eigenvalue weighted by molar-refractivity contribution is 5.82. The van der Waals surface area contributed by atoms with Crippen molar-refractivity contribution >= 4 is 5.78 Å². The van der Waals surface area contributed by atoms with E-state index in [0.717, 1.165) is 24.1 Å². The van der Waals surface area contributed by atoms with Crippen LogP contribution in [0.15, 0.2) is 36.5 Å². The van der Waals surface area contributed by atoms with Gasteiger partial charge in [-0.3, -0.25) is 9.78 Å². The Balaban J connectivity index is 1.99. The molecule has 0 unspecified atom stereocenters. The van der Waals surface area contributed by atoms with Crippen LogP contribution < -0.4 is 0 Å². The average Bonchev–Trinajstić information content (AvgIpc) is 2.44. The number of halogens is 2. The van der Waals surface area contributed by atoms with Crippen LogP contribution in [-0.4, -0.2) is 10.8 Å². The monoisotopic (exact) mass is 275 g/mol. The topological polar surface area (TPSA) is 30.0 Å². The molecular formula is C16H15F2NO. The summed E-state index contributed by atoms with van der Waals surface area (Å²) < 4.78 is 25.8. The number of hydrogen-bond acceptors (Lipinski definition) is 2. The number of aryl methyl sites for hydroxylation is 1. The third-order valence-corrected chi connectivity index (χ3v) is 3.06. The number of pyridine rings is 1. The zero-order valence-electron chi connectivity index (χ0n) is 11.2. The molecule has 2 rings (SSSR count). The van der Waals surface area contributed by atoms with Crippen molar-refractivity contribution in [1.82, 2.24) is 4.98 Å². The Morgan fingerprint density at radius 3 is 2.40 bits per heavy atom. The van der Waals surface area contributed by atoms with Gasteiger partial charge >= 0.3 is 0 Å². The molecule has 0 amide bonds. The SMILES string of the molecule is CCc1ccc(CC(=O)Cc2ccc(F)c(F)c2)nc1. The average molecular weight is 275 g/mol. The Labute approximate surface area is 116 Å². The highest BCUT2D eigenvalue weighted by atomic mass is 19.2. The largest absolute Gasteiger partial charge is 0.299 e. The van der Waals surface area contributed by atoms with E-state index in [1.807, 2.05) is 19.1 Å². The molecule has 2 aromatic rings. The molecule has 0 fully saturated rings. The Morgan fingerprint density at radius 1 is 1.05 bits per heavy atom. The molecule has 2 nitrogen and oxygen atoms in total.